The molecule has 10 atom stereocenters. The zero-order chi connectivity index (χ0) is 35.9. The van der Waals surface area contributed by atoms with Crippen molar-refractivity contribution in [2.24, 2.45) is 28.6 Å². The molecule has 9 rings (SSSR count). The predicted octanol–water partition coefficient (Wildman–Crippen LogP) is 8.10. The van der Waals surface area contributed by atoms with Crippen LogP contribution in [0.5, 0.6) is 0 Å². The van der Waals surface area contributed by atoms with Gasteiger partial charge in [0, 0.05) is 39.8 Å². The van der Waals surface area contributed by atoms with Crippen molar-refractivity contribution in [1.29, 1.82) is 0 Å². The van der Waals surface area contributed by atoms with Crippen molar-refractivity contribution >= 4 is 22.4 Å². The zero-order valence-electron chi connectivity index (χ0n) is 31.4. The molecule has 2 aromatic rings. The van der Waals surface area contributed by atoms with E-state index in [-0.39, 0.29) is 34.3 Å². The molecule has 4 heterocycles. The second-order valence-electron chi connectivity index (χ2n) is 19.2. The van der Waals surface area contributed by atoms with Crippen LogP contribution in [0, 0.1) is 28.6 Å². The molecule has 7 nitrogen and oxygen atoms in total. The summed E-state index contributed by atoms with van der Waals surface area (Å²) in [5.41, 5.74) is 8.70. The van der Waals surface area contributed by atoms with Crippen LogP contribution in [-0.2, 0) is 32.5 Å². The number of allylic oxidation sites excluding steroid dienone is 1. The Bertz CT molecular complexity index is 2000. The summed E-state index contributed by atoms with van der Waals surface area (Å²) in [5, 5.41) is 35.4. The van der Waals surface area contributed by atoms with E-state index in [4.69, 9.17) is 9.47 Å². The number of aliphatic carboxylic acids is 1. The number of benzene rings is 1. The molecule has 7 heteroatoms. The highest BCUT2D eigenvalue weighted by Crippen LogP contribution is 2.74. The van der Waals surface area contributed by atoms with E-state index in [9.17, 15) is 20.1 Å². The maximum Gasteiger partial charge on any atom is 0.331 e. The van der Waals surface area contributed by atoms with E-state index in [1.54, 1.807) is 13.0 Å². The lowest BCUT2D eigenvalue weighted by Crippen LogP contribution is -2.65. The predicted molar refractivity (Wildman–Crippen MR) is 194 cm³/mol. The average molecular weight is 682 g/mol. The van der Waals surface area contributed by atoms with Gasteiger partial charge in [0.2, 0.25) is 0 Å². The maximum atomic E-state index is 12.2. The van der Waals surface area contributed by atoms with Crippen LogP contribution >= 0.6 is 0 Å². The van der Waals surface area contributed by atoms with Crippen LogP contribution in [0.15, 0.2) is 35.9 Å². The Hall–Kier alpha value is -2.71. The van der Waals surface area contributed by atoms with Gasteiger partial charge in [-0.05, 0) is 143 Å². The van der Waals surface area contributed by atoms with Crippen molar-refractivity contribution in [3.8, 4) is 0 Å². The van der Waals surface area contributed by atoms with Crippen LogP contribution in [0.2, 0.25) is 0 Å². The largest absolute Gasteiger partial charge is 0.478 e. The van der Waals surface area contributed by atoms with Crippen LogP contribution in [0.3, 0.4) is 0 Å². The Morgan fingerprint density at radius 3 is 2.42 bits per heavy atom. The van der Waals surface area contributed by atoms with Gasteiger partial charge in [0.15, 0.2) is 5.79 Å². The van der Waals surface area contributed by atoms with Crippen molar-refractivity contribution in [2.75, 3.05) is 0 Å². The Kier molecular flexibility index (Phi) is 6.39. The Morgan fingerprint density at radius 1 is 1.02 bits per heavy atom. The van der Waals surface area contributed by atoms with E-state index in [0.29, 0.717) is 18.8 Å². The average Bonchev–Trinajstić information content (AvgIpc) is 3.75. The fourth-order valence-corrected chi connectivity index (χ4v) is 13.7. The summed E-state index contributed by atoms with van der Waals surface area (Å²) in [4.78, 5) is 11.7. The normalized spacial score (nSPS) is 43.1. The second-order valence-corrected chi connectivity index (χ2v) is 19.2. The van der Waals surface area contributed by atoms with Crippen LogP contribution in [-0.4, -0.2) is 48.9 Å². The lowest BCUT2D eigenvalue weighted by atomic mass is 9.40. The van der Waals surface area contributed by atoms with Gasteiger partial charge in [-0.1, -0.05) is 32.9 Å². The van der Waals surface area contributed by atoms with Gasteiger partial charge in [-0.2, -0.15) is 0 Å². The lowest BCUT2D eigenvalue weighted by molar-refractivity contribution is -0.294. The van der Waals surface area contributed by atoms with Gasteiger partial charge < -0.3 is 29.4 Å². The SMILES string of the molecule is C=C(C)[C@H]1Cc2c3c(cc4c5c(n1c24)[C@@]1(C)[C@@H](CC[C@@H]2[C@]1(C)CC[C@]1(O)O[C@H](/C=C(\C)C(=O)O)C[C@@]21C)C5)C1=CC(C)(C)OC(C)(C)[C@H]1[C@@H]3O. The number of hydrogen-bond donors (Lipinski definition) is 3. The summed E-state index contributed by atoms with van der Waals surface area (Å²) in [6.07, 6.45) is 8.86. The maximum absolute atomic E-state index is 12.2. The highest BCUT2D eigenvalue weighted by molar-refractivity contribution is 5.97. The molecule has 0 spiro atoms. The smallest absolute Gasteiger partial charge is 0.331 e. The molecule has 1 aromatic heterocycles. The summed E-state index contributed by atoms with van der Waals surface area (Å²) in [7, 11) is 0. The summed E-state index contributed by atoms with van der Waals surface area (Å²) >= 11 is 0. The number of ether oxygens (including phenoxy) is 2. The fourth-order valence-electron chi connectivity index (χ4n) is 13.7. The van der Waals surface area contributed by atoms with Gasteiger partial charge in [-0.15, -0.1) is 0 Å². The van der Waals surface area contributed by atoms with E-state index in [1.165, 1.54) is 38.9 Å². The first-order chi connectivity index (χ1) is 23.2. The van der Waals surface area contributed by atoms with Gasteiger partial charge in [0.1, 0.15) is 0 Å². The number of fused-ring (bicyclic) bond motifs is 13. The molecule has 0 unspecified atom stereocenters. The van der Waals surface area contributed by atoms with Crippen LogP contribution in [0.4, 0.5) is 0 Å². The van der Waals surface area contributed by atoms with E-state index in [0.717, 1.165) is 43.2 Å². The molecule has 7 aliphatic rings. The molecule has 1 aromatic carbocycles. The molecular weight excluding hydrogens is 626 g/mol. The van der Waals surface area contributed by atoms with Gasteiger partial charge in [-0.25, -0.2) is 4.79 Å². The second kappa shape index (κ2) is 9.63. The molecular formula is C43H55NO6. The number of carboxylic acid groups (broad SMARTS) is 1. The summed E-state index contributed by atoms with van der Waals surface area (Å²) < 4.78 is 15.7. The monoisotopic (exact) mass is 681 g/mol. The molecule has 3 fully saturated rings. The number of rotatable bonds is 3. The van der Waals surface area contributed by atoms with Crippen LogP contribution in [0.1, 0.15) is 135 Å². The summed E-state index contributed by atoms with van der Waals surface area (Å²) in [6, 6.07) is 2.55. The molecule has 3 aliphatic heterocycles. The standard InChI is InChI=1S/C43H55NO6/c1-21(2)30-18-28-32-25(29-20-38(4,5)50-39(6,7)33(29)35(32)45)17-26-27-16-23-11-12-31-40(8,42(23,10)36(27)44(30)34(26)28)13-14-43(48)41(31,9)19-24(49-43)15-22(3)37(46)47/h15,17,20,23-24,30-31,33,35,45,48H,1,11-14,16,18-19H2,2-10H3,(H,46,47)/b22-15+/t23-,24+,30+,31+,33+,35+,40-,41-,42+,43-/m0/s1. The van der Waals surface area contributed by atoms with Crippen molar-refractivity contribution < 1.29 is 29.6 Å². The van der Waals surface area contributed by atoms with Crippen molar-refractivity contribution in [1.82, 2.24) is 4.57 Å². The molecule has 0 radical (unpaired) electrons. The molecule has 0 amide bonds. The van der Waals surface area contributed by atoms with Crippen molar-refractivity contribution in [3.05, 3.63) is 63.9 Å². The van der Waals surface area contributed by atoms with Crippen LogP contribution < -0.4 is 0 Å². The number of nitrogens with zero attached hydrogens (tertiary/aromatic N) is 1. The number of aromatic nitrogens is 1. The Labute approximate surface area is 296 Å². The van der Waals surface area contributed by atoms with Gasteiger partial charge >= 0.3 is 5.97 Å². The zero-order valence-corrected chi connectivity index (χ0v) is 31.4. The Morgan fingerprint density at radius 2 is 1.74 bits per heavy atom. The molecule has 2 saturated carbocycles. The lowest BCUT2D eigenvalue weighted by Gasteiger charge is -2.65. The van der Waals surface area contributed by atoms with Crippen molar-refractivity contribution in [2.45, 2.75) is 148 Å². The molecule has 0 bridgehead atoms. The third-order valence-corrected chi connectivity index (χ3v) is 15.8. The summed E-state index contributed by atoms with van der Waals surface area (Å²) in [5.74, 6) is -1.68. The first-order valence-corrected chi connectivity index (χ1v) is 19.0. The minimum atomic E-state index is -1.29. The molecule has 50 heavy (non-hydrogen) atoms. The van der Waals surface area contributed by atoms with Gasteiger partial charge in [0.25, 0.3) is 0 Å². The number of aliphatic hydroxyl groups excluding tert-OH is 1. The highest BCUT2D eigenvalue weighted by Gasteiger charge is 2.73. The third-order valence-electron chi connectivity index (χ3n) is 15.8. The Balaban J connectivity index is 1.23. The molecule has 1 saturated heterocycles. The van der Waals surface area contributed by atoms with Gasteiger partial charge in [-0.3, -0.25) is 0 Å². The van der Waals surface area contributed by atoms with Crippen LogP contribution in [0.25, 0.3) is 16.5 Å². The minimum Gasteiger partial charge on any atom is -0.478 e. The molecule has 4 aliphatic carbocycles. The minimum absolute atomic E-state index is 0.117. The first-order valence-electron chi connectivity index (χ1n) is 19.0. The number of carboxylic acids is 1. The third kappa shape index (κ3) is 3.73. The molecule has 3 N–H and O–H groups in total. The van der Waals surface area contributed by atoms with E-state index >= 15 is 0 Å². The first kappa shape index (κ1) is 33.1. The number of aliphatic hydroxyl groups is 2. The quantitative estimate of drug-likeness (QED) is 0.224. The van der Waals surface area contributed by atoms with E-state index in [2.05, 4.69) is 78.7 Å². The van der Waals surface area contributed by atoms with Gasteiger partial charge in [0.05, 0.1) is 35.0 Å². The fraction of sp³-hybridized carbons (Fsp3) is 0.651. The van der Waals surface area contributed by atoms with Crippen molar-refractivity contribution in [3.63, 3.8) is 0 Å². The number of carbonyl (C=O) groups is 1. The molecule has 268 valence electrons. The topological polar surface area (TPSA) is 101 Å². The number of hydrogen-bond acceptors (Lipinski definition) is 5. The van der Waals surface area contributed by atoms with E-state index < -0.39 is 40.6 Å². The summed E-state index contributed by atoms with van der Waals surface area (Å²) in [6.45, 7) is 24.1. The van der Waals surface area contributed by atoms with E-state index in [1.807, 2.05) is 0 Å². The highest BCUT2D eigenvalue weighted by atomic mass is 16.6.